The molecule has 2 amide bonds. The minimum atomic E-state index is -0.858. The topological polar surface area (TPSA) is 107 Å². The zero-order chi connectivity index (χ0) is 12.8. The molecule has 17 heavy (non-hydrogen) atoms. The van der Waals surface area contributed by atoms with Crippen LogP contribution in [0.2, 0.25) is 0 Å². The molecule has 6 nitrogen and oxygen atoms in total. The summed E-state index contributed by atoms with van der Waals surface area (Å²) in [7, 11) is 0. The first-order valence-corrected chi connectivity index (χ1v) is 5.08. The van der Waals surface area contributed by atoms with E-state index < -0.39 is 12.1 Å². The van der Waals surface area contributed by atoms with E-state index in [0.717, 1.165) is 5.56 Å². The molecule has 0 aliphatic rings. The number of carbonyl (C=O) groups is 2. The number of hydrogen-bond acceptors (Lipinski definition) is 4. The molecule has 0 unspecified atom stereocenters. The molecule has 1 aromatic rings. The SMILES string of the molecule is C[C@H](N)C(=O)NCc1ccc(OC(N)=O)cc1. The number of carbonyl (C=O) groups excluding carboxylic acids is 2. The van der Waals surface area contributed by atoms with E-state index >= 15 is 0 Å². The minimum Gasteiger partial charge on any atom is -0.411 e. The summed E-state index contributed by atoms with van der Waals surface area (Å²) in [5, 5.41) is 2.66. The Hall–Kier alpha value is -2.08. The Morgan fingerprint density at radius 3 is 2.41 bits per heavy atom. The van der Waals surface area contributed by atoms with E-state index in [0.29, 0.717) is 12.3 Å². The molecule has 0 aromatic heterocycles. The van der Waals surface area contributed by atoms with Gasteiger partial charge in [0.1, 0.15) is 5.75 Å². The van der Waals surface area contributed by atoms with Crippen molar-refractivity contribution in [3.05, 3.63) is 29.8 Å². The van der Waals surface area contributed by atoms with Crippen LogP contribution < -0.4 is 21.5 Å². The first-order chi connectivity index (χ1) is 7.99. The number of hydrogen-bond donors (Lipinski definition) is 3. The Morgan fingerprint density at radius 1 is 1.35 bits per heavy atom. The molecule has 1 rings (SSSR count). The highest BCUT2D eigenvalue weighted by Crippen LogP contribution is 2.11. The Balaban J connectivity index is 2.51. The average Bonchev–Trinajstić information content (AvgIpc) is 2.26. The highest BCUT2D eigenvalue weighted by atomic mass is 16.5. The Kier molecular flexibility index (Phi) is 4.47. The second kappa shape index (κ2) is 5.86. The quantitative estimate of drug-likeness (QED) is 0.690. The van der Waals surface area contributed by atoms with Crippen LogP contribution in [0.3, 0.4) is 0 Å². The lowest BCUT2D eigenvalue weighted by Crippen LogP contribution is -2.37. The normalized spacial score (nSPS) is 11.6. The van der Waals surface area contributed by atoms with Gasteiger partial charge in [0.25, 0.3) is 0 Å². The molecule has 0 aliphatic carbocycles. The van der Waals surface area contributed by atoms with Crippen molar-refractivity contribution >= 4 is 12.0 Å². The zero-order valence-corrected chi connectivity index (χ0v) is 9.47. The van der Waals surface area contributed by atoms with Gasteiger partial charge in [0, 0.05) is 6.54 Å². The zero-order valence-electron chi connectivity index (χ0n) is 9.47. The second-order valence-corrected chi connectivity index (χ2v) is 3.57. The van der Waals surface area contributed by atoms with E-state index in [4.69, 9.17) is 11.5 Å². The molecule has 0 saturated carbocycles. The second-order valence-electron chi connectivity index (χ2n) is 3.57. The third-order valence-corrected chi connectivity index (χ3v) is 2.02. The summed E-state index contributed by atoms with van der Waals surface area (Å²) in [5.41, 5.74) is 11.1. The van der Waals surface area contributed by atoms with Crippen LogP contribution in [-0.2, 0) is 11.3 Å². The molecule has 5 N–H and O–H groups in total. The third kappa shape index (κ3) is 4.52. The number of nitrogens with two attached hydrogens (primary N) is 2. The lowest BCUT2D eigenvalue weighted by atomic mass is 10.2. The molecule has 0 aliphatic heterocycles. The van der Waals surface area contributed by atoms with Crippen LogP contribution in [0.25, 0.3) is 0 Å². The predicted molar refractivity (Wildman–Crippen MR) is 62.1 cm³/mol. The van der Waals surface area contributed by atoms with Gasteiger partial charge in [-0.2, -0.15) is 0 Å². The van der Waals surface area contributed by atoms with Gasteiger partial charge in [-0.15, -0.1) is 0 Å². The fourth-order valence-corrected chi connectivity index (χ4v) is 1.14. The number of amides is 2. The van der Waals surface area contributed by atoms with Gasteiger partial charge in [0.15, 0.2) is 0 Å². The van der Waals surface area contributed by atoms with Gasteiger partial charge < -0.3 is 21.5 Å². The van der Waals surface area contributed by atoms with Crippen LogP contribution in [-0.4, -0.2) is 18.0 Å². The van der Waals surface area contributed by atoms with Crippen LogP contribution >= 0.6 is 0 Å². The maximum absolute atomic E-state index is 11.2. The summed E-state index contributed by atoms with van der Waals surface area (Å²) in [6, 6.07) is 6.10. The highest BCUT2D eigenvalue weighted by Gasteiger charge is 2.06. The van der Waals surface area contributed by atoms with Crippen LogP contribution in [0.15, 0.2) is 24.3 Å². The fourth-order valence-electron chi connectivity index (χ4n) is 1.14. The molecular weight excluding hydrogens is 222 g/mol. The van der Waals surface area contributed by atoms with E-state index in [9.17, 15) is 9.59 Å². The van der Waals surface area contributed by atoms with E-state index in [1.54, 1.807) is 31.2 Å². The van der Waals surface area contributed by atoms with Crippen molar-refractivity contribution < 1.29 is 14.3 Å². The van der Waals surface area contributed by atoms with E-state index in [1.165, 1.54) is 0 Å². The maximum atomic E-state index is 11.2. The van der Waals surface area contributed by atoms with Gasteiger partial charge in [0.05, 0.1) is 6.04 Å². The Bertz CT molecular complexity index is 401. The molecule has 0 spiro atoms. The Labute approximate surface area is 98.9 Å². The van der Waals surface area contributed by atoms with Gasteiger partial charge in [0.2, 0.25) is 5.91 Å². The van der Waals surface area contributed by atoms with Crippen molar-refractivity contribution in [2.75, 3.05) is 0 Å². The molecule has 0 radical (unpaired) electrons. The van der Waals surface area contributed by atoms with Crippen molar-refractivity contribution in [3.63, 3.8) is 0 Å². The van der Waals surface area contributed by atoms with Crippen LogP contribution in [0.1, 0.15) is 12.5 Å². The number of benzene rings is 1. The van der Waals surface area contributed by atoms with E-state index in [2.05, 4.69) is 10.1 Å². The van der Waals surface area contributed by atoms with Crippen LogP contribution in [0.5, 0.6) is 5.75 Å². The Morgan fingerprint density at radius 2 is 1.94 bits per heavy atom. The van der Waals surface area contributed by atoms with Gasteiger partial charge in [-0.1, -0.05) is 12.1 Å². The van der Waals surface area contributed by atoms with Crippen molar-refractivity contribution in [2.45, 2.75) is 19.5 Å². The van der Waals surface area contributed by atoms with Gasteiger partial charge in [-0.25, -0.2) is 4.79 Å². The van der Waals surface area contributed by atoms with Crippen molar-refractivity contribution in [1.82, 2.24) is 5.32 Å². The summed E-state index contributed by atoms with van der Waals surface area (Å²) in [6.45, 7) is 1.98. The van der Waals surface area contributed by atoms with Gasteiger partial charge in [-0.3, -0.25) is 4.79 Å². The third-order valence-electron chi connectivity index (χ3n) is 2.02. The average molecular weight is 237 g/mol. The summed E-state index contributed by atoms with van der Waals surface area (Å²) in [5.74, 6) is 0.141. The number of nitrogens with one attached hydrogen (secondary N) is 1. The molecule has 0 fully saturated rings. The molecule has 1 aromatic carbocycles. The smallest absolute Gasteiger partial charge is 0.409 e. The maximum Gasteiger partial charge on any atom is 0.409 e. The largest absolute Gasteiger partial charge is 0.411 e. The minimum absolute atomic E-state index is 0.220. The van der Waals surface area contributed by atoms with Crippen LogP contribution in [0.4, 0.5) is 4.79 Å². The molecule has 6 heteroatoms. The molecule has 0 bridgehead atoms. The lowest BCUT2D eigenvalue weighted by molar-refractivity contribution is -0.122. The number of ether oxygens (including phenoxy) is 1. The molecule has 92 valence electrons. The van der Waals surface area contributed by atoms with E-state index in [-0.39, 0.29) is 5.91 Å². The fraction of sp³-hybridized carbons (Fsp3) is 0.273. The highest BCUT2D eigenvalue weighted by molar-refractivity contribution is 5.80. The van der Waals surface area contributed by atoms with Crippen molar-refractivity contribution in [3.8, 4) is 5.75 Å². The summed E-state index contributed by atoms with van der Waals surface area (Å²) in [4.78, 5) is 21.7. The summed E-state index contributed by atoms with van der Waals surface area (Å²) in [6.07, 6.45) is -0.858. The van der Waals surface area contributed by atoms with E-state index in [1.807, 2.05) is 0 Å². The molecule has 1 atom stereocenters. The van der Waals surface area contributed by atoms with Crippen LogP contribution in [0, 0.1) is 0 Å². The predicted octanol–water partition coefficient (Wildman–Crippen LogP) is 0.107. The van der Waals surface area contributed by atoms with Crippen molar-refractivity contribution in [2.24, 2.45) is 11.5 Å². The first-order valence-electron chi connectivity index (χ1n) is 5.08. The molecule has 0 heterocycles. The number of rotatable bonds is 4. The number of primary amides is 1. The molecular formula is C11H15N3O3. The standard InChI is InChI=1S/C11H15N3O3/c1-7(12)10(15)14-6-8-2-4-9(5-3-8)17-11(13)16/h2-5,7H,6,12H2,1H3,(H2,13,16)(H,14,15)/t7-/m0/s1. The van der Waals surface area contributed by atoms with Gasteiger partial charge in [-0.05, 0) is 24.6 Å². The lowest BCUT2D eigenvalue weighted by Gasteiger charge is -2.08. The van der Waals surface area contributed by atoms with Gasteiger partial charge >= 0.3 is 6.09 Å². The molecule has 0 saturated heterocycles. The monoisotopic (exact) mass is 237 g/mol. The summed E-state index contributed by atoms with van der Waals surface area (Å²) >= 11 is 0. The van der Waals surface area contributed by atoms with Crippen molar-refractivity contribution in [1.29, 1.82) is 0 Å². The summed E-state index contributed by atoms with van der Waals surface area (Å²) < 4.78 is 4.66. The first kappa shape index (κ1) is 13.0.